The van der Waals surface area contributed by atoms with E-state index in [4.69, 9.17) is 9.84 Å². The molecule has 0 radical (unpaired) electrons. The minimum Gasteiger partial charge on any atom is -0.469 e. The van der Waals surface area contributed by atoms with Crippen LogP contribution in [0.15, 0.2) is 24.3 Å². The van der Waals surface area contributed by atoms with E-state index >= 15 is 0 Å². The molecule has 1 aromatic rings. The Morgan fingerprint density at radius 2 is 2.40 bits per heavy atom. The minimum absolute atomic E-state index is 0.00197. The summed E-state index contributed by atoms with van der Waals surface area (Å²) in [5.74, 6) is -0.184. The van der Waals surface area contributed by atoms with Crippen LogP contribution in [0.1, 0.15) is 36.8 Å². The molecule has 0 spiro atoms. The lowest BCUT2D eigenvalue weighted by Gasteiger charge is -1.99. The second-order valence-electron chi connectivity index (χ2n) is 4.64. The summed E-state index contributed by atoms with van der Waals surface area (Å²) in [5, 5.41) is 8.75. The molecule has 0 saturated carbocycles. The Kier molecular flexibility index (Phi) is 5.26. The van der Waals surface area contributed by atoms with Gasteiger partial charge in [0.1, 0.15) is 6.10 Å². The van der Waals surface area contributed by atoms with Gasteiger partial charge in [-0.1, -0.05) is 12.1 Å². The molecule has 1 aliphatic heterocycles. The quantitative estimate of drug-likeness (QED) is 0.608. The fourth-order valence-electron chi connectivity index (χ4n) is 2.07. The molecule has 5 heteroatoms. The van der Waals surface area contributed by atoms with Crippen LogP contribution in [0.4, 0.5) is 0 Å². The van der Waals surface area contributed by atoms with Crippen molar-refractivity contribution in [2.45, 2.75) is 31.5 Å². The Morgan fingerprint density at radius 3 is 3.15 bits per heavy atom. The summed E-state index contributed by atoms with van der Waals surface area (Å²) in [5.41, 5.74) is 1.70. The Bertz CT molecular complexity index is 487. The number of aliphatic hydroxyl groups is 1. The molecule has 1 saturated heterocycles. The number of methoxy groups -OCH3 is 1. The Labute approximate surface area is 118 Å². The van der Waals surface area contributed by atoms with E-state index in [2.05, 4.69) is 9.72 Å². The molecular formula is C15H19NO4. The lowest BCUT2D eigenvalue weighted by atomic mass is 10.1. The third kappa shape index (κ3) is 4.15. The number of hydrogen-bond donors (Lipinski definition) is 1. The largest absolute Gasteiger partial charge is 0.469 e. The lowest BCUT2D eigenvalue weighted by Crippen LogP contribution is -2.01. The third-order valence-corrected chi connectivity index (χ3v) is 3.16. The highest BCUT2D eigenvalue weighted by Crippen LogP contribution is 2.40. The molecular weight excluding hydrogens is 258 g/mol. The van der Waals surface area contributed by atoms with E-state index in [0.29, 0.717) is 6.42 Å². The molecule has 1 fully saturated rings. The normalized spacial score (nSPS) is 21.1. The van der Waals surface area contributed by atoms with E-state index in [1.165, 1.54) is 7.11 Å². The Morgan fingerprint density at radius 1 is 1.55 bits per heavy atom. The fraction of sp³-hybridized carbons (Fsp3) is 0.467. The zero-order valence-electron chi connectivity index (χ0n) is 11.5. The van der Waals surface area contributed by atoms with Crippen LogP contribution in [-0.4, -0.2) is 35.9 Å². The number of hydrogen-bond acceptors (Lipinski definition) is 5. The van der Waals surface area contributed by atoms with Crippen LogP contribution in [0, 0.1) is 0 Å². The number of nitrogens with zero attached hydrogens (tertiary/aromatic N) is 1. The number of rotatable bonds is 7. The van der Waals surface area contributed by atoms with Crippen molar-refractivity contribution >= 4 is 12.0 Å². The monoisotopic (exact) mass is 277 g/mol. The van der Waals surface area contributed by atoms with Crippen LogP contribution in [0.5, 0.6) is 0 Å². The molecule has 20 heavy (non-hydrogen) atoms. The summed E-state index contributed by atoms with van der Waals surface area (Å²) in [6, 6.07) is 5.73. The van der Waals surface area contributed by atoms with Crippen LogP contribution in [0.2, 0.25) is 0 Å². The Balaban J connectivity index is 1.82. The lowest BCUT2D eigenvalue weighted by molar-refractivity contribution is -0.140. The summed E-state index contributed by atoms with van der Waals surface area (Å²) in [7, 11) is 1.40. The predicted octanol–water partition coefficient (Wildman–Crippen LogP) is 1.87. The molecule has 0 aliphatic carbocycles. The topological polar surface area (TPSA) is 72.0 Å². The van der Waals surface area contributed by atoms with Gasteiger partial charge in [-0.2, -0.15) is 0 Å². The average Bonchev–Trinajstić information content (AvgIpc) is 3.25. The summed E-state index contributed by atoms with van der Waals surface area (Å²) in [6.45, 7) is 0.00197. The van der Waals surface area contributed by atoms with Gasteiger partial charge in [0.25, 0.3) is 0 Å². The molecule has 2 rings (SSSR count). The van der Waals surface area contributed by atoms with Crippen LogP contribution >= 0.6 is 0 Å². The van der Waals surface area contributed by atoms with Crippen molar-refractivity contribution in [3.8, 4) is 0 Å². The summed E-state index contributed by atoms with van der Waals surface area (Å²) in [6.07, 6.45) is 5.61. The number of carbonyl (C=O) groups is 1. The average molecular weight is 277 g/mol. The van der Waals surface area contributed by atoms with Gasteiger partial charge in [-0.3, -0.25) is 9.78 Å². The van der Waals surface area contributed by atoms with Gasteiger partial charge in [-0.15, -0.1) is 0 Å². The molecule has 2 unspecified atom stereocenters. The molecule has 1 N–H and O–H groups in total. The van der Waals surface area contributed by atoms with Crippen molar-refractivity contribution < 1.29 is 19.4 Å². The molecule has 108 valence electrons. The number of ether oxygens (including phenoxy) is 2. The number of carbonyl (C=O) groups excluding carboxylic acids is 1. The highest BCUT2D eigenvalue weighted by Gasteiger charge is 2.40. The third-order valence-electron chi connectivity index (χ3n) is 3.16. The second kappa shape index (κ2) is 7.17. The molecule has 0 amide bonds. The number of aliphatic hydroxyl groups excluding tert-OH is 1. The number of esters is 1. The van der Waals surface area contributed by atoms with E-state index in [0.717, 1.165) is 24.2 Å². The first-order valence-corrected chi connectivity index (χ1v) is 6.71. The van der Waals surface area contributed by atoms with Gasteiger partial charge in [-0.25, -0.2) is 0 Å². The minimum atomic E-state index is -0.184. The van der Waals surface area contributed by atoms with Gasteiger partial charge in [0.15, 0.2) is 0 Å². The van der Waals surface area contributed by atoms with E-state index in [1.807, 2.05) is 18.2 Å². The van der Waals surface area contributed by atoms with Gasteiger partial charge in [0, 0.05) is 6.42 Å². The van der Waals surface area contributed by atoms with Gasteiger partial charge in [-0.05, 0) is 31.1 Å². The number of aromatic nitrogens is 1. The SMILES string of the molecule is COC(=O)CCCC1OC1c1cccc(/C=C/CO)n1. The van der Waals surface area contributed by atoms with Gasteiger partial charge in [0.2, 0.25) is 0 Å². The molecule has 1 aliphatic rings. The van der Waals surface area contributed by atoms with Crippen molar-refractivity contribution in [1.82, 2.24) is 4.98 Å². The van der Waals surface area contributed by atoms with Crippen LogP contribution in [0.25, 0.3) is 6.08 Å². The maximum Gasteiger partial charge on any atom is 0.305 e. The summed E-state index contributed by atoms with van der Waals surface area (Å²) >= 11 is 0. The van der Waals surface area contributed by atoms with Crippen LogP contribution in [-0.2, 0) is 14.3 Å². The molecule has 2 atom stereocenters. The van der Waals surface area contributed by atoms with Crippen molar-refractivity contribution in [3.05, 3.63) is 35.7 Å². The molecule has 5 nitrogen and oxygen atoms in total. The van der Waals surface area contributed by atoms with Crippen molar-refractivity contribution in [2.24, 2.45) is 0 Å². The summed E-state index contributed by atoms with van der Waals surface area (Å²) < 4.78 is 10.2. The number of epoxide rings is 1. The van der Waals surface area contributed by atoms with Crippen LogP contribution < -0.4 is 0 Å². The first-order chi connectivity index (χ1) is 9.74. The second-order valence-corrected chi connectivity index (χ2v) is 4.64. The maximum atomic E-state index is 11.0. The van der Waals surface area contributed by atoms with E-state index in [-0.39, 0.29) is 24.8 Å². The molecule has 2 heterocycles. The van der Waals surface area contributed by atoms with Crippen molar-refractivity contribution in [3.63, 3.8) is 0 Å². The molecule has 0 bridgehead atoms. The highest BCUT2D eigenvalue weighted by molar-refractivity contribution is 5.69. The van der Waals surface area contributed by atoms with Gasteiger partial charge in [0.05, 0.1) is 31.2 Å². The zero-order chi connectivity index (χ0) is 14.4. The standard InChI is InChI=1S/C15H19NO4/c1-19-14(18)9-3-8-13-15(20-13)12-7-2-5-11(16-12)6-4-10-17/h2,4-7,13,15,17H,3,8-10H2,1H3/b6-4+. The van der Waals surface area contributed by atoms with Crippen molar-refractivity contribution in [1.29, 1.82) is 0 Å². The molecule has 0 aromatic carbocycles. The van der Waals surface area contributed by atoms with Crippen molar-refractivity contribution in [2.75, 3.05) is 13.7 Å². The summed E-state index contributed by atoms with van der Waals surface area (Å²) in [4.78, 5) is 15.5. The maximum absolute atomic E-state index is 11.0. The van der Waals surface area contributed by atoms with E-state index in [9.17, 15) is 4.79 Å². The Hall–Kier alpha value is -1.72. The number of pyridine rings is 1. The highest BCUT2D eigenvalue weighted by atomic mass is 16.6. The zero-order valence-corrected chi connectivity index (χ0v) is 11.5. The van der Waals surface area contributed by atoms with E-state index < -0.39 is 0 Å². The smallest absolute Gasteiger partial charge is 0.305 e. The first-order valence-electron chi connectivity index (χ1n) is 6.71. The van der Waals surface area contributed by atoms with Crippen LogP contribution in [0.3, 0.4) is 0 Å². The van der Waals surface area contributed by atoms with Gasteiger partial charge < -0.3 is 14.6 Å². The fourth-order valence-corrected chi connectivity index (χ4v) is 2.07. The molecule has 1 aromatic heterocycles. The first kappa shape index (κ1) is 14.7. The van der Waals surface area contributed by atoms with Gasteiger partial charge >= 0.3 is 5.97 Å². The predicted molar refractivity (Wildman–Crippen MR) is 73.8 cm³/mol. The van der Waals surface area contributed by atoms with E-state index in [1.54, 1.807) is 12.2 Å².